The number of benzene rings is 1. The first-order chi connectivity index (χ1) is 8.19. The maximum Gasteiger partial charge on any atom is 0.139 e. The van der Waals surface area contributed by atoms with Crippen LogP contribution >= 0.6 is 11.8 Å². The summed E-state index contributed by atoms with van der Waals surface area (Å²) in [5.41, 5.74) is 0. The molecule has 0 radical (unpaired) electrons. The molecule has 0 bridgehead atoms. The largest absolute Gasteiger partial charge is 0.391 e. The summed E-state index contributed by atoms with van der Waals surface area (Å²) in [5.74, 6) is 0.847. The number of hydrogen-bond acceptors (Lipinski definition) is 4. The third kappa shape index (κ3) is 4.50. The fourth-order valence-electron chi connectivity index (χ4n) is 1.52. The molecule has 0 saturated heterocycles. The van der Waals surface area contributed by atoms with Gasteiger partial charge in [-0.25, -0.2) is 0 Å². The molecule has 17 heavy (non-hydrogen) atoms. The number of nitrogens with one attached hydrogen (secondary N) is 1. The molecule has 0 aliphatic rings. The summed E-state index contributed by atoms with van der Waals surface area (Å²) in [7, 11) is 1.68. The topological polar surface area (TPSA) is 49.3 Å². The quantitative estimate of drug-likeness (QED) is 0.572. The zero-order valence-corrected chi connectivity index (χ0v) is 11.0. The highest BCUT2D eigenvalue weighted by atomic mass is 32.2. The van der Waals surface area contributed by atoms with Crippen molar-refractivity contribution < 1.29 is 9.90 Å². The van der Waals surface area contributed by atoms with Gasteiger partial charge in [-0.05, 0) is 25.1 Å². The Kier molecular flexibility index (Phi) is 6.26. The van der Waals surface area contributed by atoms with Gasteiger partial charge in [0.2, 0.25) is 0 Å². The zero-order chi connectivity index (χ0) is 12.7. The van der Waals surface area contributed by atoms with Crippen molar-refractivity contribution in [2.75, 3.05) is 12.8 Å². The number of hydrogen-bond donors (Lipinski definition) is 2. The first kappa shape index (κ1) is 14.2. The van der Waals surface area contributed by atoms with Crippen LogP contribution in [0.2, 0.25) is 0 Å². The maximum absolute atomic E-state index is 10.7. The van der Waals surface area contributed by atoms with Crippen LogP contribution in [0.15, 0.2) is 35.2 Å². The summed E-state index contributed by atoms with van der Waals surface area (Å²) in [6.07, 6.45) is 0.114. The van der Waals surface area contributed by atoms with Gasteiger partial charge in [-0.3, -0.25) is 0 Å². The van der Waals surface area contributed by atoms with Crippen molar-refractivity contribution in [3.8, 4) is 0 Å². The maximum atomic E-state index is 10.7. The van der Waals surface area contributed by atoms with Crippen molar-refractivity contribution in [3.05, 3.63) is 30.3 Å². The van der Waals surface area contributed by atoms with Crippen LogP contribution in [-0.2, 0) is 4.79 Å². The number of thioether (sulfide) groups is 1. The van der Waals surface area contributed by atoms with E-state index in [0.29, 0.717) is 0 Å². The van der Waals surface area contributed by atoms with Gasteiger partial charge < -0.3 is 15.2 Å². The standard InChI is InChI=1S/C13H19NO2S/c1-10(13(16)12(8-15)14-2)9-17-11-6-4-3-5-7-11/h3-8,10,12-14,16H,9H2,1-2H3. The summed E-state index contributed by atoms with van der Waals surface area (Å²) in [6, 6.07) is 9.56. The van der Waals surface area contributed by atoms with Crippen molar-refractivity contribution in [2.24, 2.45) is 5.92 Å². The summed E-state index contributed by atoms with van der Waals surface area (Å²) < 4.78 is 0. The molecule has 2 N–H and O–H groups in total. The predicted octanol–water partition coefficient (Wildman–Crippen LogP) is 1.56. The van der Waals surface area contributed by atoms with E-state index in [2.05, 4.69) is 5.32 Å². The number of rotatable bonds is 7. The van der Waals surface area contributed by atoms with Gasteiger partial charge in [0.15, 0.2) is 0 Å². The minimum Gasteiger partial charge on any atom is -0.391 e. The van der Waals surface area contributed by atoms with Gasteiger partial charge in [-0.1, -0.05) is 25.1 Å². The molecule has 1 aromatic carbocycles. The summed E-state index contributed by atoms with van der Waals surface area (Å²) in [6.45, 7) is 1.95. The molecule has 0 aromatic heterocycles. The van der Waals surface area contributed by atoms with E-state index >= 15 is 0 Å². The Bertz CT molecular complexity index is 331. The van der Waals surface area contributed by atoms with E-state index in [-0.39, 0.29) is 5.92 Å². The smallest absolute Gasteiger partial charge is 0.139 e. The normalized spacial score (nSPS) is 16.2. The third-order valence-corrected chi connectivity index (χ3v) is 3.98. The summed E-state index contributed by atoms with van der Waals surface area (Å²) in [4.78, 5) is 11.9. The van der Waals surface area contributed by atoms with Crippen LogP contribution in [0.5, 0.6) is 0 Å². The van der Waals surface area contributed by atoms with Crippen LogP contribution in [0.1, 0.15) is 6.92 Å². The van der Waals surface area contributed by atoms with Crippen LogP contribution in [-0.4, -0.2) is 36.3 Å². The lowest BCUT2D eigenvalue weighted by atomic mass is 10.0. The number of aliphatic hydroxyl groups excluding tert-OH is 1. The SMILES string of the molecule is CNC(C=O)C(O)C(C)CSc1ccccc1. The number of carbonyl (C=O) groups excluding carboxylic acids is 1. The molecule has 0 aliphatic heterocycles. The molecule has 0 heterocycles. The minimum atomic E-state index is -0.645. The van der Waals surface area contributed by atoms with Gasteiger partial charge in [0, 0.05) is 10.6 Å². The molecule has 0 spiro atoms. The van der Waals surface area contributed by atoms with Crippen LogP contribution in [0.3, 0.4) is 0 Å². The monoisotopic (exact) mass is 253 g/mol. The minimum absolute atomic E-state index is 0.0582. The van der Waals surface area contributed by atoms with Crippen LogP contribution in [0.25, 0.3) is 0 Å². The summed E-state index contributed by atoms with van der Waals surface area (Å²) >= 11 is 1.69. The molecule has 3 unspecified atom stereocenters. The van der Waals surface area contributed by atoms with E-state index in [0.717, 1.165) is 12.0 Å². The first-order valence-corrected chi connectivity index (χ1v) is 6.66. The van der Waals surface area contributed by atoms with E-state index in [4.69, 9.17) is 0 Å². The predicted molar refractivity (Wildman–Crippen MR) is 71.2 cm³/mol. The highest BCUT2D eigenvalue weighted by Gasteiger charge is 2.22. The number of carbonyl (C=O) groups is 1. The van der Waals surface area contributed by atoms with Crippen molar-refractivity contribution >= 4 is 18.0 Å². The van der Waals surface area contributed by atoms with E-state index in [1.807, 2.05) is 37.3 Å². The van der Waals surface area contributed by atoms with Gasteiger partial charge >= 0.3 is 0 Å². The molecule has 4 heteroatoms. The average molecular weight is 253 g/mol. The lowest BCUT2D eigenvalue weighted by molar-refractivity contribution is -0.112. The molecular formula is C13H19NO2S. The molecular weight excluding hydrogens is 234 g/mol. The van der Waals surface area contributed by atoms with Gasteiger partial charge in [-0.15, -0.1) is 11.8 Å². The number of likely N-dealkylation sites (N-methyl/N-ethyl adjacent to an activating group) is 1. The molecule has 0 aliphatic carbocycles. The van der Waals surface area contributed by atoms with Gasteiger partial charge in [-0.2, -0.15) is 0 Å². The Balaban J connectivity index is 2.44. The Morgan fingerprint density at radius 1 is 1.41 bits per heavy atom. The van der Waals surface area contributed by atoms with Crippen molar-refractivity contribution in [3.63, 3.8) is 0 Å². The molecule has 0 fully saturated rings. The molecule has 0 amide bonds. The first-order valence-electron chi connectivity index (χ1n) is 5.67. The van der Waals surface area contributed by atoms with Gasteiger partial charge in [0.05, 0.1) is 12.1 Å². The van der Waals surface area contributed by atoms with E-state index < -0.39 is 12.1 Å². The molecule has 94 valence electrons. The Hall–Kier alpha value is -0.840. The van der Waals surface area contributed by atoms with Gasteiger partial charge in [0.25, 0.3) is 0 Å². The second kappa shape index (κ2) is 7.48. The highest BCUT2D eigenvalue weighted by molar-refractivity contribution is 7.99. The van der Waals surface area contributed by atoms with Gasteiger partial charge in [0.1, 0.15) is 6.29 Å². The molecule has 1 rings (SSSR count). The third-order valence-electron chi connectivity index (χ3n) is 2.69. The van der Waals surface area contributed by atoms with Crippen molar-refractivity contribution in [2.45, 2.75) is 24.0 Å². The highest BCUT2D eigenvalue weighted by Crippen LogP contribution is 2.22. The number of aldehydes is 1. The fraction of sp³-hybridized carbons (Fsp3) is 0.462. The Morgan fingerprint density at radius 2 is 2.06 bits per heavy atom. The number of aliphatic hydroxyl groups is 1. The molecule has 3 atom stereocenters. The van der Waals surface area contributed by atoms with Crippen molar-refractivity contribution in [1.29, 1.82) is 0 Å². The van der Waals surface area contributed by atoms with Crippen LogP contribution in [0.4, 0.5) is 0 Å². The van der Waals surface area contributed by atoms with Crippen LogP contribution < -0.4 is 5.32 Å². The second-order valence-corrected chi connectivity index (χ2v) is 5.14. The zero-order valence-electron chi connectivity index (χ0n) is 10.2. The average Bonchev–Trinajstić information content (AvgIpc) is 2.38. The lowest BCUT2D eigenvalue weighted by Crippen LogP contribution is -2.43. The Morgan fingerprint density at radius 3 is 2.59 bits per heavy atom. The second-order valence-electron chi connectivity index (χ2n) is 4.04. The van der Waals surface area contributed by atoms with E-state index in [9.17, 15) is 9.90 Å². The van der Waals surface area contributed by atoms with Crippen molar-refractivity contribution in [1.82, 2.24) is 5.32 Å². The molecule has 0 saturated carbocycles. The van der Waals surface area contributed by atoms with Crippen LogP contribution in [0, 0.1) is 5.92 Å². The molecule has 3 nitrogen and oxygen atoms in total. The Labute approximate surface area is 107 Å². The fourth-order valence-corrected chi connectivity index (χ4v) is 2.52. The summed E-state index contributed by atoms with van der Waals surface area (Å²) in [5, 5.41) is 12.8. The van der Waals surface area contributed by atoms with E-state index in [1.165, 1.54) is 4.90 Å². The molecule has 1 aromatic rings. The van der Waals surface area contributed by atoms with E-state index in [1.54, 1.807) is 18.8 Å². The lowest BCUT2D eigenvalue weighted by Gasteiger charge is -2.23.